The molecule has 14 heavy (non-hydrogen) atoms. The second kappa shape index (κ2) is 4.08. The third-order valence-corrected chi connectivity index (χ3v) is 1.82. The van der Waals surface area contributed by atoms with Gasteiger partial charge in [0.2, 0.25) is 5.78 Å². The van der Waals surface area contributed by atoms with Gasteiger partial charge in [-0.2, -0.15) is 0 Å². The van der Waals surface area contributed by atoms with Gasteiger partial charge in [-0.1, -0.05) is 36.3 Å². The number of benzene rings is 1. The summed E-state index contributed by atoms with van der Waals surface area (Å²) in [6, 6.07) is 9.04. The molecule has 0 aliphatic carbocycles. The van der Waals surface area contributed by atoms with Crippen LogP contribution in [0.2, 0.25) is 0 Å². The molecule has 1 rings (SSSR count). The molecule has 0 amide bonds. The Bertz CT molecular complexity index is 380. The van der Waals surface area contributed by atoms with E-state index in [0.717, 1.165) is 0 Å². The Morgan fingerprint density at radius 3 is 2.43 bits per heavy atom. The van der Waals surface area contributed by atoms with Gasteiger partial charge in [0.25, 0.3) is 0 Å². The largest absolute Gasteiger partial charge is 0.374 e. The van der Waals surface area contributed by atoms with E-state index in [9.17, 15) is 9.90 Å². The molecular weight excluding hydrogens is 176 g/mol. The molecule has 0 saturated carbocycles. The van der Waals surface area contributed by atoms with E-state index >= 15 is 0 Å². The van der Waals surface area contributed by atoms with E-state index in [-0.39, 0.29) is 5.78 Å². The van der Waals surface area contributed by atoms with Gasteiger partial charge in [-0.25, -0.2) is 0 Å². The van der Waals surface area contributed by atoms with Crippen LogP contribution >= 0.6 is 0 Å². The predicted molar refractivity (Wildman–Crippen MR) is 54.5 cm³/mol. The van der Waals surface area contributed by atoms with Crippen LogP contribution < -0.4 is 0 Å². The molecule has 0 aliphatic heterocycles. The van der Waals surface area contributed by atoms with Gasteiger partial charge in [0.05, 0.1) is 0 Å². The monoisotopic (exact) mass is 188 g/mol. The second-order valence-corrected chi connectivity index (χ2v) is 3.24. The van der Waals surface area contributed by atoms with Crippen molar-refractivity contribution >= 4 is 5.78 Å². The topological polar surface area (TPSA) is 37.3 Å². The average molecular weight is 188 g/mol. The van der Waals surface area contributed by atoms with Crippen LogP contribution in [0.5, 0.6) is 0 Å². The molecule has 1 aromatic carbocycles. The van der Waals surface area contributed by atoms with Crippen molar-refractivity contribution in [3.8, 4) is 11.8 Å². The highest BCUT2D eigenvalue weighted by atomic mass is 16.3. The van der Waals surface area contributed by atoms with Crippen LogP contribution in [0.1, 0.15) is 19.4 Å². The van der Waals surface area contributed by atoms with Crippen molar-refractivity contribution < 1.29 is 9.90 Å². The molecular formula is C12H12O2. The van der Waals surface area contributed by atoms with Gasteiger partial charge in [0.15, 0.2) is 0 Å². The van der Waals surface area contributed by atoms with Crippen LogP contribution in [0.25, 0.3) is 0 Å². The average Bonchev–Trinajstić information content (AvgIpc) is 2.16. The van der Waals surface area contributed by atoms with Gasteiger partial charge in [-0.3, -0.25) is 4.79 Å². The maximum atomic E-state index is 10.6. The molecule has 2 nitrogen and oxygen atoms in total. The van der Waals surface area contributed by atoms with Crippen LogP contribution in [-0.4, -0.2) is 10.9 Å². The van der Waals surface area contributed by atoms with Crippen LogP contribution in [-0.2, 0) is 10.4 Å². The Hall–Kier alpha value is -1.59. The first kappa shape index (κ1) is 10.5. The second-order valence-electron chi connectivity index (χ2n) is 3.24. The van der Waals surface area contributed by atoms with Gasteiger partial charge in [0.1, 0.15) is 5.60 Å². The van der Waals surface area contributed by atoms with Crippen LogP contribution in [0, 0.1) is 11.8 Å². The summed E-state index contributed by atoms with van der Waals surface area (Å²) in [5, 5.41) is 9.91. The zero-order valence-corrected chi connectivity index (χ0v) is 8.24. The number of hydrogen-bond acceptors (Lipinski definition) is 2. The molecule has 0 spiro atoms. The van der Waals surface area contributed by atoms with E-state index in [2.05, 4.69) is 11.8 Å². The van der Waals surface area contributed by atoms with Crippen LogP contribution in [0.4, 0.5) is 0 Å². The first-order valence-electron chi connectivity index (χ1n) is 4.34. The summed E-state index contributed by atoms with van der Waals surface area (Å²) in [7, 11) is 0. The van der Waals surface area contributed by atoms with E-state index < -0.39 is 5.60 Å². The summed E-state index contributed by atoms with van der Waals surface area (Å²) in [4.78, 5) is 10.6. The molecule has 0 bridgehead atoms. The number of Topliss-reactive ketones (excluding diaryl/α,β-unsaturated/α-hetero) is 1. The molecule has 1 N–H and O–H groups in total. The summed E-state index contributed by atoms with van der Waals surface area (Å²) >= 11 is 0. The van der Waals surface area contributed by atoms with Gasteiger partial charge >= 0.3 is 0 Å². The lowest BCUT2D eigenvalue weighted by molar-refractivity contribution is -0.111. The minimum atomic E-state index is -1.26. The smallest absolute Gasteiger partial charge is 0.202 e. The lowest BCUT2D eigenvalue weighted by atomic mass is 9.97. The van der Waals surface area contributed by atoms with E-state index in [1.165, 1.54) is 6.92 Å². The van der Waals surface area contributed by atoms with Crippen molar-refractivity contribution in [3.05, 3.63) is 35.9 Å². The first-order valence-corrected chi connectivity index (χ1v) is 4.34. The molecule has 72 valence electrons. The van der Waals surface area contributed by atoms with E-state index in [1.807, 2.05) is 18.2 Å². The van der Waals surface area contributed by atoms with Gasteiger partial charge in [-0.05, 0) is 18.4 Å². The molecule has 2 heteroatoms. The number of aliphatic hydroxyl groups is 1. The minimum Gasteiger partial charge on any atom is -0.374 e. The van der Waals surface area contributed by atoms with Gasteiger partial charge < -0.3 is 5.11 Å². The summed E-state index contributed by atoms with van der Waals surface area (Å²) in [5.74, 6) is 4.63. The van der Waals surface area contributed by atoms with Crippen molar-refractivity contribution in [1.82, 2.24) is 0 Å². The Balaban J connectivity index is 2.99. The molecule has 0 heterocycles. The predicted octanol–water partition coefficient (Wildman–Crippen LogP) is 1.49. The van der Waals surface area contributed by atoms with Crippen LogP contribution in [0.15, 0.2) is 30.3 Å². The van der Waals surface area contributed by atoms with Crippen LogP contribution in [0.3, 0.4) is 0 Å². The van der Waals surface area contributed by atoms with Gasteiger partial charge in [0, 0.05) is 6.92 Å². The molecule has 0 radical (unpaired) electrons. The Morgan fingerprint density at radius 2 is 1.93 bits per heavy atom. The van der Waals surface area contributed by atoms with Crippen molar-refractivity contribution in [2.24, 2.45) is 0 Å². The summed E-state index contributed by atoms with van der Waals surface area (Å²) in [6.45, 7) is 2.94. The highest BCUT2D eigenvalue weighted by molar-refractivity contribution is 5.93. The fourth-order valence-corrected chi connectivity index (χ4v) is 1.04. The van der Waals surface area contributed by atoms with Crippen molar-refractivity contribution in [1.29, 1.82) is 0 Å². The number of carbonyl (C=O) groups is 1. The zero-order valence-electron chi connectivity index (χ0n) is 8.24. The van der Waals surface area contributed by atoms with Crippen molar-refractivity contribution in [2.75, 3.05) is 0 Å². The maximum absolute atomic E-state index is 10.6. The van der Waals surface area contributed by atoms with E-state index in [4.69, 9.17) is 0 Å². The van der Waals surface area contributed by atoms with E-state index in [1.54, 1.807) is 19.1 Å². The van der Waals surface area contributed by atoms with Crippen molar-refractivity contribution in [2.45, 2.75) is 19.4 Å². The molecule has 0 aliphatic rings. The third-order valence-electron chi connectivity index (χ3n) is 1.82. The fraction of sp³-hybridized carbons (Fsp3) is 0.250. The zero-order chi connectivity index (χ0) is 10.6. The minimum absolute atomic E-state index is 0.249. The number of ketones is 1. The Morgan fingerprint density at radius 1 is 1.36 bits per heavy atom. The van der Waals surface area contributed by atoms with Gasteiger partial charge in [-0.15, -0.1) is 0 Å². The molecule has 0 saturated heterocycles. The lowest BCUT2D eigenvalue weighted by Crippen LogP contribution is -2.18. The number of hydrogen-bond donors (Lipinski definition) is 1. The normalized spacial score (nSPS) is 13.6. The summed E-state index contributed by atoms with van der Waals surface area (Å²) in [5.41, 5.74) is -0.568. The maximum Gasteiger partial charge on any atom is 0.202 e. The number of rotatable bonds is 1. The Kier molecular flexibility index (Phi) is 3.06. The highest BCUT2D eigenvalue weighted by Crippen LogP contribution is 2.18. The number of carbonyl (C=O) groups excluding carboxylic acids is 1. The standard InChI is InChI=1S/C12H12O2/c1-10(13)8-9-12(2,14)11-6-4-3-5-7-11/h3-7,14H,1-2H3. The summed E-state index contributed by atoms with van der Waals surface area (Å²) in [6.07, 6.45) is 0. The molecule has 1 aromatic rings. The third kappa shape index (κ3) is 2.72. The van der Waals surface area contributed by atoms with E-state index in [0.29, 0.717) is 5.56 Å². The SMILES string of the molecule is CC(=O)C#CC(C)(O)c1ccccc1. The first-order chi connectivity index (χ1) is 6.52. The van der Waals surface area contributed by atoms with Crippen molar-refractivity contribution in [3.63, 3.8) is 0 Å². The molecule has 0 fully saturated rings. The quantitative estimate of drug-likeness (QED) is 0.535. The fourth-order valence-electron chi connectivity index (χ4n) is 1.04. The summed E-state index contributed by atoms with van der Waals surface area (Å²) < 4.78 is 0. The molecule has 1 unspecified atom stereocenters. The highest BCUT2D eigenvalue weighted by Gasteiger charge is 2.19. The molecule has 1 atom stereocenters. The Labute approximate surface area is 83.6 Å². The molecule has 0 aromatic heterocycles. The lowest BCUT2D eigenvalue weighted by Gasteiger charge is -2.16.